The average Bonchev–Trinajstić information content (AvgIpc) is 3.56. The second-order valence-corrected chi connectivity index (χ2v) is 14.6. The Morgan fingerprint density at radius 2 is 0.780 bits per heavy atom. The molecule has 6 aromatic rings. The Bertz CT molecular complexity index is 2170. The molecule has 1 aliphatic rings. The fourth-order valence-electron chi connectivity index (χ4n) is 7.43. The van der Waals surface area contributed by atoms with Crippen molar-refractivity contribution in [3.63, 3.8) is 0 Å². The van der Waals surface area contributed by atoms with Crippen LogP contribution in [0, 0.1) is 0 Å². The second kappa shape index (κ2) is 18.3. The summed E-state index contributed by atoms with van der Waals surface area (Å²) < 4.78 is 37.1. The molecule has 1 aliphatic carbocycles. The van der Waals surface area contributed by atoms with E-state index in [4.69, 9.17) is 51.6 Å². The summed E-state index contributed by atoms with van der Waals surface area (Å²) >= 11 is 11.8. The smallest absolute Gasteiger partial charge is 0.418 e. The normalized spacial score (nSPS) is 14.4. The van der Waals surface area contributed by atoms with Crippen LogP contribution in [0.25, 0.3) is 11.1 Å². The van der Waals surface area contributed by atoms with Gasteiger partial charge in [0.1, 0.15) is 23.0 Å². The molecule has 0 fully saturated rings. The summed E-state index contributed by atoms with van der Waals surface area (Å²) in [5.74, 6) is -2.57. The first kappa shape index (κ1) is 41.2. The lowest BCUT2D eigenvalue weighted by Crippen LogP contribution is -2.46. The van der Waals surface area contributed by atoms with Gasteiger partial charge in [0.15, 0.2) is 0 Å². The predicted octanol–water partition coefficient (Wildman–Crippen LogP) is 11.4. The Morgan fingerprint density at radius 3 is 1.12 bits per heavy atom. The van der Waals surface area contributed by atoms with Gasteiger partial charge in [-0.05, 0) is 81.9 Å². The molecule has 59 heavy (non-hydrogen) atoms. The Balaban J connectivity index is 1.28. The number of benzene rings is 6. The number of halogens is 2. The maximum atomic E-state index is 12.8. The van der Waals surface area contributed by atoms with Crippen LogP contribution in [0.15, 0.2) is 158 Å². The van der Waals surface area contributed by atoms with Gasteiger partial charge < -0.3 is 28.4 Å². The average molecular weight is 832 g/mol. The Kier molecular flexibility index (Phi) is 12.8. The first-order chi connectivity index (χ1) is 28.8. The molecule has 6 aromatic carbocycles. The van der Waals surface area contributed by atoms with Gasteiger partial charge in [0.25, 0.3) is 0 Å². The summed E-state index contributed by atoms with van der Waals surface area (Å²) in [6.45, 7) is 3.64. The van der Waals surface area contributed by atoms with Crippen molar-refractivity contribution < 1.29 is 38.0 Å². The van der Waals surface area contributed by atoms with Crippen molar-refractivity contribution in [3.05, 3.63) is 180 Å². The molecule has 302 valence electrons. The van der Waals surface area contributed by atoms with Crippen LogP contribution < -0.4 is 18.9 Å². The number of carbonyl (C=O) groups excluding carboxylic acids is 2. The number of hydrogen-bond donors (Lipinski definition) is 0. The highest BCUT2D eigenvalue weighted by Gasteiger charge is 2.47. The number of alkyl halides is 2. The van der Waals surface area contributed by atoms with Crippen molar-refractivity contribution in [1.82, 2.24) is 0 Å². The van der Waals surface area contributed by atoms with E-state index < -0.39 is 29.3 Å². The summed E-state index contributed by atoms with van der Waals surface area (Å²) in [7, 11) is 0. The molecule has 10 heteroatoms. The summed E-state index contributed by atoms with van der Waals surface area (Å²) in [6, 6.07) is 50.5. The van der Waals surface area contributed by atoms with Crippen molar-refractivity contribution in [2.45, 2.75) is 56.9 Å². The van der Waals surface area contributed by atoms with E-state index in [9.17, 15) is 9.59 Å². The Hall–Kier alpha value is -5.96. The fraction of sp³-hybridized carbons (Fsp3) is 0.224. The van der Waals surface area contributed by atoms with E-state index in [-0.39, 0.29) is 37.4 Å². The van der Waals surface area contributed by atoms with E-state index in [0.717, 1.165) is 33.4 Å². The molecule has 8 nitrogen and oxygen atoms in total. The summed E-state index contributed by atoms with van der Waals surface area (Å²) in [5.41, 5.74) is 5.58. The van der Waals surface area contributed by atoms with Gasteiger partial charge >= 0.3 is 23.9 Å². The summed E-state index contributed by atoms with van der Waals surface area (Å²) in [5, 5.41) is 0. The van der Waals surface area contributed by atoms with Crippen molar-refractivity contribution in [2.24, 2.45) is 0 Å². The highest BCUT2D eigenvalue weighted by molar-refractivity contribution is 6.19. The Morgan fingerprint density at radius 1 is 0.458 bits per heavy atom. The number of hydrogen-bond acceptors (Lipinski definition) is 8. The maximum absolute atomic E-state index is 12.8. The van der Waals surface area contributed by atoms with Gasteiger partial charge in [-0.25, -0.2) is 0 Å². The first-order valence-electron chi connectivity index (χ1n) is 19.6. The van der Waals surface area contributed by atoms with Gasteiger partial charge in [0, 0.05) is 11.8 Å². The van der Waals surface area contributed by atoms with E-state index in [0.29, 0.717) is 23.0 Å². The van der Waals surface area contributed by atoms with Gasteiger partial charge in [-0.2, -0.15) is 0 Å². The molecule has 2 atom stereocenters. The summed E-state index contributed by atoms with van der Waals surface area (Å²) in [6.07, 6.45) is 0.373. The lowest BCUT2D eigenvalue weighted by molar-refractivity contribution is -0.287. The van der Waals surface area contributed by atoms with Crippen molar-refractivity contribution in [3.8, 4) is 34.1 Å². The molecule has 2 unspecified atom stereocenters. The minimum Gasteiger partial charge on any atom is -0.421 e. The van der Waals surface area contributed by atoms with Gasteiger partial charge in [-0.1, -0.05) is 123 Å². The molecule has 0 saturated heterocycles. The third kappa shape index (κ3) is 8.75. The highest BCUT2D eigenvalue weighted by atomic mass is 35.5. The van der Waals surface area contributed by atoms with Crippen LogP contribution in [0.4, 0.5) is 0 Å². The van der Waals surface area contributed by atoms with Crippen LogP contribution in [0.1, 0.15) is 61.8 Å². The third-order valence-electron chi connectivity index (χ3n) is 10.1. The van der Waals surface area contributed by atoms with Gasteiger partial charge in [-0.3, -0.25) is 9.59 Å². The number of ether oxygens (including phenoxy) is 6. The number of fused-ring (bicyclic) bond motifs is 3. The molecular formula is C49H44Cl2O8. The Labute approximate surface area is 354 Å². The third-order valence-corrected chi connectivity index (χ3v) is 10.5. The van der Waals surface area contributed by atoms with Gasteiger partial charge in [0.2, 0.25) is 0 Å². The van der Waals surface area contributed by atoms with Crippen molar-refractivity contribution in [1.29, 1.82) is 0 Å². The van der Waals surface area contributed by atoms with Crippen molar-refractivity contribution in [2.75, 3.05) is 11.8 Å². The number of para-hydroxylation sites is 2. The van der Waals surface area contributed by atoms with E-state index in [2.05, 4.69) is 24.3 Å². The second-order valence-electron chi connectivity index (χ2n) is 13.8. The number of carbonyl (C=O) groups is 2. The molecule has 0 aliphatic heterocycles. The molecule has 0 bridgehead atoms. The lowest BCUT2D eigenvalue weighted by atomic mass is 9.68. The van der Waals surface area contributed by atoms with Crippen LogP contribution in [0.3, 0.4) is 0 Å². The van der Waals surface area contributed by atoms with Crippen LogP contribution in [0.5, 0.6) is 23.0 Å². The van der Waals surface area contributed by atoms with E-state index in [1.807, 2.05) is 123 Å². The molecular weight excluding hydrogens is 787 g/mol. The SMILES string of the molecule is CCC(OC(=O)CCCl)(Oc1ccccc1)Oc1ccc(C2(c3ccc(OC(CC)(OC(=O)CCCl)Oc4ccccc4)cc3)c3ccccc3-c3ccccc32)cc1. The number of rotatable bonds is 18. The van der Waals surface area contributed by atoms with E-state index in [1.54, 1.807) is 24.3 Å². The molecule has 0 spiro atoms. The molecule has 0 aromatic heterocycles. The molecule has 0 heterocycles. The molecule has 0 radical (unpaired) electrons. The van der Waals surface area contributed by atoms with Crippen LogP contribution in [-0.2, 0) is 24.5 Å². The zero-order valence-corrected chi connectivity index (χ0v) is 34.3. The first-order valence-corrected chi connectivity index (χ1v) is 20.7. The largest absolute Gasteiger partial charge is 0.421 e. The van der Waals surface area contributed by atoms with Crippen molar-refractivity contribution >= 4 is 35.1 Å². The maximum Gasteiger partial charge on any atom is 0.418 e. The van der Waals surface area contributed by atoms with E-state index in [1.165, 1.54) is 0 Å². The van der Waals surface area contributed by atoms with Gasteiger partial charge in [-0.15, -0.1) is 23.2 Å². The van der Waals surface area contributed by atoms with Gasteiger partial charge in [0.05, 0.1) is 31.1 Å². The highest BCUT2D eigenvalue weighted by Crippen LogP contribution is 2.56. The fourth-order valence-corrected chi connectivity index (χ4v) is 7.73. The summed E-state index contributed by atoms with van der Waals surface area (Å²) in [4.78, 5) is 25.6. The quantitative estimate of drug-likeness (QED) is 0.0480. The minimum atomic E-state index is -1.75. The minimum absolute atomic E-state index is 0.00637. The van der Waals surface area contributed by atoms with E-state index >= 15 is 0 Å². The van der Waals surface area contributed by atoms with Crippen LogP contribution >= 0.6 is 23.2 Å². The zero-order valence-electron chi connectivity index (χ0n) is 32.8. The number of esters is 2. The molecule has 0 saturated carbocycles. The standard InChI is InChI=1S/C49H44Cl2O8/c1-3-47(58-45(52)31-33-50,54-37-15-7-5-8-16-37)56-39-27-23-35(24-28-39)49(43-21-13-11-19-41(43)42-20-12-14-22-44(42)49)36-25-29-40(30-26-36)57-48(4-2,59-46(53)32-34-51)55-38-17-9-6-10-18-38/h5-30H,3-4,31-34H2,1-2H3. The van der Waals surface area contributed by atoms with Crippen LogP contribution in [0.2, 0.25) is 0 Å². The monoisotopic (exact) mass is 830 g/mol. The topological polar surface area (TPSA) is 89.5 Å². The molecule has 0 N–H and O–H groups in total. The molecule has 7 rings (SSSR count). The molecule has 0 amide bonds. The van der Waals surface area contributed by atoms with Crippen LogP contribution in [-0.4, -0.2) is 35.6 Å². The zero-order chi connectivity index (χ0) is 41.3. The lowest BCUT2D eigenvalue weighted by Gasteiger charge is -2.35. The predicted molar refractivity (Wildman–Crippen MR) is 228 cm³/mol.